The van der Waals surface area contributed by atoms with Gasteiger partial charge in [0.1, 0.15) is 5.00 Å². The number of rotatable bonds is 7. The number of nitrogens with two attached hydrogens (primary N) is 1. The maximum absolute atomic E-state index is 12.3. The number of nitrogens with zero attached hydrogens (tertiary/aromatic N) is 1. The molecular formula is C19H25ClN4O2S. The highest BCUT2D eigenvalue weighted by molar-refractivity contribution is 7.17. The second-order valence-electron chi connectivity index (χ2n) is 6.46. The minimum absolute atomic E-state index is 0.362. The quantitative estimate of drug-likeness (QED) is 0.621. The van der Waals surface area contributed by atoms with Gasteiger partial charge >= 0.3 is 6.03 Å². The highest BCUT2D eigenvalue weighted by Gasteiger charge is 2.22. The third kappa shape index (κ3) is 5.45. The molecule has 0 unspecified atom stereocenters. The zero-order chi connectivity index (χ0) is 20.1. The molecule has 0 aliphatic heterocycles. The molecule has 0 aliphatic rings. The van der Waals surface area contributed by atoms with E-state index >= 15 is 0 Å². The predicted octanol–water partition coefficient (Wildman–Crippen LogP) is 4.68. The molecule has 146 valence electrons. The molecule has 0 fully saturated rings. The number of hydrogen-bond donors (Lipinski definition) is 3. The van der Waals surface area contributed by atoms with E-state index in [1.807, 2.05) is 6.92 Å². The van der Waals surface area contributed by atoms with E-state index in [1.165, 1.54) is 11.3 Å². The van der Waals surface area contributed by atoms with Crippen molar-refractivity contribution in [3.8, 4) is 0 Å². The van der Waals surface area contributed by atoms with E-state index in [9.17, 15) is 9.59 Å². The fraction of sp³-hybridized carbons (Fsp3) is 0.368. The number of thiophene rings is 1. The third-order valence-electron chi connectivity index (χ3n) is 4.30. The average Bonchev–Trinajstić information content (AvgIpc) is 2.89. The number of amides is 3. The molecule has 2 aromatic rings. The van der Waals surface area contributed by atoms with Gasteiger partial charge in [-0.05, 0) is 57.1 Å². The van der Waals surface area contributed by atoms with Gasteiger partial charge in [0.05, 0.1) is 5.56 Å². The molecule has 0 saturated carbocycles. The monoisotopic (exact) mass is 408 g/mol. The summed E-state index contributed by atoms with van der Waals surface area (Å²) in [5.74, 6) is -0.551. The SMILES string of the molecule is CCN(Cc1sc(NC(=O)Nc2ccc(Cl)cc2)c(C(N)=O)c1C)C(C)C. The van der Waals surface area contributed by atoms with Crippen LogP contribution in [-0.4, -0.2) is 29.4 Å². The number of nitrogens with one attached hydrogen (secondary N) is 2. The zero-order valence-corrected chi connectivity index (χ0v) is 17.5. The Hall–Kier alpha value is -2.09. The van der Waals surface area contributed by atoms with E-state index in [0.717, 1.165) is 17.0 Å². The summed E-state index contributed by atoms with van der Waals surface area (Å²) in [6.45, 7) is 9.80. The molecule has 0 aliphatic carbocycles. The number of urea groups is 1. The maximum atomic E-state index is 12.3. The van der Waals surface area contributed by atoms with Crippen molar-refractivity contribution in [2.75, 3.05) is 17.2 Å². The first-order valence-electron chi connectivity index (χ1n) is 8.72. The molecule has 3 amide bonds. The van der Waals surface area contributed by atoms with Gasteiger partial charge in [-0.1, -0.05) is 18.5 Å². The van der Waals surface area contributed by atoms with Gasteiger partial charge in [0, 0.05) is 28.2 Å². The van der Waals surface area contributed by atoms with Crippen molar-refractivity contribution in [2.24, 2.45) is 5.73 Å². The first kappa shape index (κ1) is 21.2. The van der Waals surface area contributed by atoms with E-state index < -0.39 is 11.9 Å². The van der Waals surface area contributed by atoms with Gasteiger partial charge in [-0.2, -0.15) is 0 Å². The summed E-state index contributed by atoms with van der Waals surface area (Å²) in [4.78, 5) is 27.6. The third-order valence-corrected chi connectivity index (χ3v) is 5.75. The van der Waals surface area contributed by atoms with Crippen LogP contribution in [0, 0.1) is 6.92 Å². The Bertz CT molecular complexity index is 818. The largest absolute Gasteiger partial charge is 0.365 e. The molecule has 0 atom stereocenters. The lowest BCUT2D eigenvalue weighted by Gasteiger charge is -2.24. The Labute approximate surface area is 168 Å². The van der Waals surface area contributed by atoms with E-state index in [1.54, 1.807) is 24.3 Å². The van der Waals surface area contributed by atoms with Gasteiger partial charge in [0.15, 0.2) is 0 Å². The number of anilines is 2. The number of carbonyl (C=O) groups excluding carboxylic acids is 2. The number of halogens is 1. The van der Waals surface area contributed by atoms with Gasteiger partial charge in [0.2, 0.25) is 0 Å². The fourth-order valence-electron chi connectivity index (χ4n) is 2.74. The predicted molar refractivity (Wildman–Crippen MR) is 113 cm³/mol. The standard InChI is InChI=1S/C19H25ClN4O2S/c1-5-24(11(2)3)10-15-12(4)16(17(21)25)18(27-15)23-19(26)22-14-8-6-13(20)7-9-14/h6-9,11H,5,10H2,1-4H3,(H2,21,25)(H2,22,23,26). The number of benzene rings is 1. The van der Waals surface area contributed by atoms with E-state index in [4.69, 9.17) is 17.3 Å². The first-order chi connectivity index (χ1) is 12.7. The van der Waals surface area contributed by atoms with Crippen LogP contribution in [0.5, 0.6) is 0 Å². The summed E-state index contributed by atoms with van der Waals surface area (Å²) >= 11 is 7.23. The normalized spacial score (nSPS) is 11.1. The van der Waals surface area contributed by atoms with E-state index in [2.05, 4.69) is 36.3 Å². The Morgan fingerprint density at radius 2 is 1.85 bits per heavy atom. The minimum atomic E-state index is -0.551. The van der Waals surface area contributed by atoms with Crippen LogP contribution in [0.1, 0.15) is 41.6 Å². The van der Waals surface area contributed by atoms with E-state index in [-0.39, 0.29) is 0 Å². The number of hydrogen-bond acceptors (Lipinski definition) is 4. The average molecular weight is 409 g/mol. The van der Waals surface area contributed by atoms with Crippen LogP contribution >= 0.6 is 22.9 Å². The highest BCUT2D eigenvalue weighted by Crippen LogP contribution is 2.34. The molecule has 0 spiro atoms. The van der Waals surface area contributed by atoms with Crippen LogP contribution in [-0.2, 0) is 6.54 Å². The van der Waals surface area contributed by atoms with E-state index in [0.29, 0.717) is 33.9 Å². The van der Waals surface area contributed by atoms with Crippen molar-refractivity contribution in [1.29, 1.82) is 0 Å². The minimum Gasteiger partial charge on any atom is -0.365 e. The molecule has 0 saturated heterocycles. The first-order valence-corrected chi connectivity index (χ1v) is 9.92. The maximum Gasteiger partial charge on any atom is 0.324 e. The molecule has 27 heavy (non-hydrogen) atoms. The Kier molecular flexibility index (Phi) is 7.24. The Balaban J connectivity index is 2.22. The van der Waals surface area contributed by atoms with Crippen molar-refractivity contribution in [3.63, 3.8) is 0 Å². The van der Waals surface area contributed by atoms with Crippen LogP contribution in [0.4, 0.5) is 15.5 Å². The molecule has 0 radical (unpaired) electrons. The summed E-state index contributed by atoms with van der Waals surface area (Å²) in [6, 6.07) is 6.70. The van der Waals surface area contributed by atoms with Gasteiger partial charge in [-0.3, -0.25) is 15.0 Å². The van der Waals surface area contributed by atoms with Crippen molar-refractivity contribution < 1.29 is 9.59 Å². The molecule has 1 aromatic heterocycles. The summed E-state index contributed by atoms with van der Waals surface area (Å²) in [5.41, 5.74) is 7.34. The number of primary amides is 1. The lowest BCUT2D eigenvalue weighted by atomic mass is 10.1. The van der Waals surface area contributed by atoms with Crippen LogP contribution in [0.25, 0.3) is 0 Å². The van der Waals surface area contributed by atoms with Crippen LogP contribution in [0.2, 0.25) is 5.02 Å². The van der Waals surface area contributed by atoms with Crippen molar-refractivity contribution in [3.05, 3.63) is 45.3 Å². The second kappa shape index (κ2) is 9.21. The molecule has 1 heterocycles. The van der Waals surface area contributed by atoms with Crippen molar-refractivity contribution in [2.45, 2.75) is 40.3 Å². The van der Waals surface area contributed by atoms with Gasteiger partial charge in [0.25, 0.3) is 5.91 Å². The molecule has 1 aromatic carbocycles. The number of carbonyl (C=O) groups is 2. The van der Waals surface area contributed by atoms with Gasteiger partial charge in [-0.15, -0.1) is 11.3 Å². The summed E-state index contributed by atoms with van der Waals surface area (Å²) < 4.78 is 0. The summed E-state index contributed by atoms with van der Waals surface area (Å²) in [5, 5.41) is 6.51. The second-order valence-corrected chi connectivity index (χ2v) is 8.00. The van der Waals surface area contributed by atoms with Gasteiger partial charge in [-0.25, -0.2) is 4.79 Å². The highest BCUT2D eigenvalue weighted by atomic mass is 35.5. The molecule has 2 rings (SSSR count). The lowest BCUT2D eigenvalue weighted by Crippen LogP contribution is -2.29. The molecule has 4 N–H and O–H groups in total. The molecule has 6 nitrogen and oxygen atoms in total. The molecule has 8 heteroatoms. The lowest BCUT2D eigenvalue weighted by molar-refractivity contribution is 0.100. The summed E-state index contributed by atoms with van der Waals surface area (Å²) in [6.07, 6.45) is 0. The topological polar surface area (TPSA) is 87.5 Å². The zero-order valence-electron chi connectivity index (χ0n) is 15.9. The molecule has 0 bridgehead atoms. The fourth-order valence-corrected chi connectivity index (χ4v) is 4.10. The Morgan fingerprint density at radius 3 is 2.37 bits per heavy atom. The smallest absolute Gasteiger partial charge is 0.324 e. The van der Waals surface area contributed by atoms with Crippen LogP contribution < -0.4 is 16.4 Å². The van der Waals surface area contributed by atoms with Crippen LogP contribution in [0.15, 0.2) is 24.3 Å². The van der Waals surface area contributed by atoms with Gasteiger partial charge < -0.3 is 11.1 Å². The Morgan fingerprint density at radius 1 is 1.22 bits per heavy atom. The summed E-state index contributed by atoms with van der Waals surface area (Å²) in [7, 11) is 0. The van der Waals surface area contributed by atoms with Crippen LogP contribution in [0.3, 0.4) is 0 Å². The van der Waals surface area contributed by atoms with Crippen molar-refractivity contribution >= 4 is 45.6 Å². The van der Waals surface area contributed by atoms with Crippen molar-refractivity contribution in [1.82, 2.24) is 4.90 Å². The molecular weight excluding hydrogens is 384 g/mol.